The van der Waals surface area contributed by atoms with Crippen molar-refractivity contribution in [2.45, 2.75) is 12.3 Å². The fourth-order valence-electron chi connectivity index (χ4n) is 2.25. The van der Waals surface area contributed by atoms with Crippen molar-refractivity contribution in [2.24, 2.45) is 0 Å². The highest BCUT2D eigenvalue weighted by Gasteiger charge is 2.18. The molecule has 0 aliphatic heterocycles. The summed E-state index contributed by atoms with van der Waals surface area (Å²) in [6, 6.07) is 10.3. The fourth-order valence-corrected chi connectivity index (χ4v) is 3.17. The number of rotatable bonds is 2. The summed E-state index contributed by atoms with van der Waals surface area (Å²) in [7, 11) is 0. The Morgan fingerprint density at radius 3 is 2.67 bits per heavy atom. The van der Waals surface area contributed by atoms with Crippen molar-refractivity contribution in [3.05, 3.63) is 57.0 Å². The molecule has 108 valence electrons. The summed E-state index contributed by atoms with van der Waals surface area (Å²) in [5.41, 5.74) is 2.37. The molecule has 0 N–H and O–H groups in total. The number of nitrogens with zero attached hydrogens (tertiary/aromatic N) is 2. The smallest absolute Gasteiger partial charge is 0.132 e. The van der Waals surface area contributed by atoms with Gasteiger partial charge in [0.25, 0.3) is 0 Å². The van der Waals surface area contributed by atoms with Crippen LogP contribution in [0.25, 0.3) is 16.7 Å². The Morgan fingerprint density at radius 1 is 1.19 bits per heavy atom. The van der Waals surface area contributed by atoms with E-state index in [1.54, 1.807) is 6.07 Å². The molecule has 1 atom stereocenters. The molecule has 0 fully saturated rings. The van der Waals surface area contributed by atoms with Gasteiger partial charge in [-0.1, -0.05) is 15.9 Å². The molecule has 1 heterocycles. The minimum atomic E-state index is -0.305. The van der Waals surface area contributed by atoms with Gasteiger partial charge in [0.2, 0.25) is 0 Å². The molecule has 1 unspecified atom stereocenters. The first-order valence-corrected chi connectivity index (χ1v) is 8.27. The van der Waals surface area contributed by atoms with E-state index < -0.39 is 0 Å². The van der Waals surface area contributed by atoms with Crippen molar-refractivity contribution in [3.8, 4) is 5.69 Å². The summed E-state index contributed by atoms with van der Waals surface area (Å²) >= 11 is 13.2. The van der Waals surface area contributed by atoms with Crippen LogP contribution in [0.3, 0.4) is 0 Å². The Hall–Kier alpha value is -0.910. The normalized spacial score (nSPS) is 12.8. The van der Waals surface area contributed by atoms with Crippen molar-refractivity contribution >= 4 is 54.5 Å². The third kappa shape index (κ3) is 2.74. The Labute approximate surface area is 143 Å². The second kappa shape index (κ2) is 5.71. The Kier molecular flexibility index (Phi) is 4.08. The summed E-state index contributed by atoms with van der Waals surface area (Å²) in [6.07, 6.45) is 0. The van der Waals surface area contributed by atoms with Crippen molar-refractivity contribution in [3.63, 3.8) is 0 Å². The van der Waals surface area contributed by atoms with Crippen LogP contribution < -0.4 is 0 Å². The summed E-state index contributed by atoms with van der Waals surface area (Å²) in [4.78, 5) is 4.58. The van der Waals surface area contributed by atoms with Crippen LogP contribution in [0.15, 0.2) is 45.3 Å². The van der Waals surface area contributed by atoms with Gasteiger partial charge in [0.15, 0.2) is 0 Å². The van der Waals surface area contributed by atoms with Crippen LogP contribution in [0.5, 0.6) is 0 Å². The fraction of sp³-hybridized carbons (Fsp3) is 0.133. The largest absolute Gasteiger partial charge is 0.294 e. The predicted molar refractivity (Wildman–Crippen MR) is 90.7 cm³/mol. The van der Waals surface area contributed by atoms with E-state index in [4.69, 9.17) is 11.6 Å². The van der Waals surface area contributed by atoms with Gasteiger partial charge in [-0.05, 0) is 59.3 Å². The van der Waals surface area contributed by atoms with Crippen LogP contribution in [0, 0.1) is 5.82 Å². The molecule has 21 heavy (non-hydrogen) atoms. The van der Waals surface area contributed by atoms with E-state index in [1.165, 1.54) is 12.1 Å². The van der Waals surface area contributed by atoms with E-state index in [0.29, 0.717) is 11.5 Å². The second-order valence-electron chi connectivity index (χ2n) is 4.65. The molecule has 2 aromatic carbocycles. The van der Waals surface area contributed by atoms with Gasteiger partial charge in [-0.2, -0.15) is 0 Å². The lowest BCUT2D eigenvalue weighted by Gasteiger charge is -2.12. The van der Waals surface area contributed by atoms with Gasteiger partial charge in [0.1, 0.15) is 11.6 Å². The molecule has 6 heteroatoms. The first kappa shape index (κ1) is 15.0. The number of hydrogen-bond acceptors (Lipinski definition) is 1. The van der Waals surface area contributed by atoms with E-state index in [9.17, 15) is 4.39 Å². The molecule has 0 aliphatic carbocycles. The number of alkyl halides is 1. The number of aromatic nitrogens is 2. The maximum Gasteiger partial charge on any atom is 0.132 e. The minimum Gasteiger partial charge on any atom is -0.294 e. The number of halogens is 4. The SMILES string of the molecule is CC(Cl)c1nc2cc(Br)ccc2n1-c1cc(F)ccc1Br. The topological polar surface area (TPSA) is 17.8 Å². The van der Waals surface area contributed by atoms with Crippen molar-refractivity contribution in [1.29, 1.82) is 0 Å². The lowest BCUT2D eigenvalue weighted by molar-refractivity contribution is 0.626. The Balaban J connectivity index is 2.39. The van der Waals surface area contributed by atoms with Gasteiger partial charge in [-0.3, -0.25) is 4.57 Å². The summed E-state index contributed by atoms with van der Waals surface area (Å²) in [5, 5.41) is -0.300. The molecule has 3 aromatic rings. The average molecular weight is 433 g/mol. The van der Waals surface area contributed by atoms with E-state index in [0.717, 1.165) is 20.0 Å². The third-order valence-electron chi connectivity index (χ3n) is 3.15. The van der Waals surface area contributed by atoms with E-state index in [2.05, 4.69) is 36.8 Å². The molecule has 0 bridgehead atoms. The van der Waals surface area contributed by atoms with Crippen LogP contribution >= 0.6 is 43.5 Å². The summed E-state index contributed by atoms with van der Waals surface area (Å²) < 4.78 is 17.2. The maximum atomic E-state index is 13.6. The minimum absolute atomic E-state index is 0.300. The molecule has 0 spiro atoms. The molecule has 1 aromatic heterocycles. The zero-order valence-electron chi connectivity index (χ0n) is 10.9. The van der Waals surface area contributed by atoms with Crippen molar-refractivity contribution in [2.75, 3.05) is 0 Å². The van der Waals surface area contributed by atoms with Gasteiger partial charge in [-0.25, -0.2) is 9.37 Å². The number of hydrogen-bond donors (Lipinski definition) is 0. The third-order valence-corrected chi connectivity index (χ3v) is 4.51. The molecular formula is C15H10Br2ClFN2. The van der Waals surface area contributed by atoms with E-state index in [1.807, 2.05) is 29.7 Å². The lowest BCUT2D eigenvalue weighted by atomic mass is 10.2. The molecule has 0 amide bonds. The number of imidazole rings is 1. The first-order valence-electron chi connectivity index (χ1n) is 6.25. The van der Waals surface area contributed by atoms with Gasteiger partial charge in [-0.15, -0.1) is 11.6 Å². The van der Waals surface area contributed by atoms with Crippen LogP contribution in [0.2, 0.25) is 0 Å². The zero-order chi connectivity index (χ0) is 15.1. The molecule has 3 rings (SSSR count). The zero-order valence-corrected chi connectivity index (χ0v) is 14.9. The highest BCUT2D eigenvalue weighted by atomic mass is 79.9. The van der Waals surface area contributed by atoms with Crippen LogP contribution in [0.4, 0.5) is 4.39 Å². The molecular weight excluding hydrogens is 422 g/mol. The molecule has 0 aliphatic rings. The Bertz CT molecular complexity index is 830. The van der Waals surface area contributed by atoms with Crippen LogP contribution in [0.1, 0.15) is 18.1 Å². The van der Waals surface area contributed by atoms with Gasteiger partial charge >= 0.3 is 0 Å². The van der Waals surface area contributed by atoms with Crippen LogP contribution in [-0.2, 0) is 0 Å². The predicted octanol–water partition coefficient (Wildman–Crippen LogP) is 5.99. The number of benzene rings is 2. The maximum absolute atomic E-state index is 13.6. The van der Waals surface area contributed by atoms with E-state index in [-0.39, 0.29) is 11.2 Å². The van der Waals surface area contributed by atoms with E-state index >= 15 is 0 Å². The standard InChI is InChI=1S/C15H10Br2ClFN2/c1-8(18)15-20-12-6-9(16)2-5-13(12)21(15)14-7-10(19)3-4-11(14)17/h2-8H,1H3. The van der Waals surface area contributed by atoms with Crippen LogP contribution in [-0.4, -0.2) is 9.55 Å². The van der Waals surface area contributed by atoms with Gasteiger partial charge in [0, 0.05) is 8.95 Å². The molecule has 0 saturated carbocycles. The van der Waals surface area contributed by atoms with Gasteiger partial charge < -0.3 is 0 Å². The van der Waals surface area contributed by atoms with Crippen molar-refractivity contribution < 1.29 is 4.39 Å². The highest BCUT2D eigenvalue weighted by molar-refractivity contribution is 9.10. The lowest BCUT2D eigenvalue weighted by Crippen LogP contribution is -2.03. The quantitative estimate of drug-likeness (QED) is 0.455. The van der Waals surface area contributed by atoms with Crippen molar-refractivity contribution in [1.82, 2.24) is 9.55 Å². The highest BCUT2D eigenvalue weighted by Crippen LogP contribution is 2.32. The molecule has 0 saturated heterocycles. The second-order valence-corrected chi connectivity index (χ2v) is 7.07. The molecule has 0 radical (unpaired) electrons. The summed E-state index contributed by atoms with van der Waals surface area (Å²) in [5.74, 6) is 0.372. The first-order chi connectivity index (χ1) is 9.97. The average Bonchev–Trinajstić information content (AvgIpc) is 2.80. The molecule has 2 nitrogen and oxygen atoms in total. The monoisotopic (exact) mass is 430 g/mol. The van der Waals surface area contributed by atoms with Gasteiger partial charge in [0.05, 0.1) is 22.1 Å². The summed E-state index contributed by atoms with van der Waals surface area (Å²) in [6.45, 7) is 1.85. The number of fused-ring (bicyclic) bond motifs is 1. The Morgan fingerprint density at radius 2 is 1.95 bits per heavy atom.